The standard InChI is InChI=1S/C23H36FNO4Si/c1-17(25-21(26)29-22(2,3)4)10-11-18-12-13-19(24)16-20(18)28-15-9-14-23(5,6)30(7,8)27/h12-13,16-17,27H,9,14-15H2,1-8H3,(H,25,26)/t17-/m1/s1. The Labute approximate surface area is 181 Å². The molecule has 30 heavy (non-hydrogen) atoms. The van der Waals surface area contributed by atoms with Crippen molar-refractivity contribution in [1.82, 2.24) is 5.32 Å². The number of rotatable bonds is 7. The van der Waals surface area contributed by atoms with Crippen LogP contribution in [0, 0.1) is 17.7 Å². The molecule has 5 nitrogen and oxygen atoms in total. The Hall–Kier alpha value is -2.04. The molecular formula is C23H36FNO4Si. The zero-order chi connectivity index (χ0) is 23.2. The number of nitrogens with one attached hydrogen (secondary N) is 1. The molecule has 0 saturated carbocycles. The van der Waals surface area contributed by atoms with Crippen molar-refractivity contribution < 1.29 is 23.5 Å². The highest BCUT2D eigenvalue weighted by Gasteiger charge is 2.37. The Morgan fingerprint density at radius 1 is 1.27 bits per heavy atom. The van der Waals surface area contributed by atoms with E-state index in [-0.39, 0.29) is 5.04 Å². The van der Waals surface area contributed by atoms with E-state index in [0.717, 1.165) is 12.8 Å². The Bertz CT molecular complexity index is 785. The van der Waals surface area contributed by atoms with E-state index in [2.05, 4.69) is 31.0 Å². The molecule has 7 heteroatoms. The molecule has 0 unspecified atom stereocenters. The van der Waals surface area contributed by atoms with Crippen molar-refractivity contribution in [2.75, 3.05) is 6.61 Å². The monoisotopic (exact) mass is 437 g/mol. The lowest BCUT2D eigenvalue weighted by molar-refractivity contribution is 0.0519. The molecule has 0 spiro atoms. The summed E-state index contributed by atoms with van der Waals surface area (Å²) in [6, 6.07) is 3.75. The molecule has 168 valence electrons. The zero-order valence-corrected chi connectivity index (χ0v) is 20.5. The first-order chi connectivity index (χ1) is 13.6. The number of amides is 1. The summed E-state index contributed by atoms with van der Waals surface area (Å²) in [5, 5.41) is 2.52. The topological polar surface area (TPSA) is 67.8 Å². The minimum absolute atomic E-state index is 0.135. The van der Waals surface area contributed by atoms with Crippen molar-refractivity contribution in [3.05, 3.63) is 29.6 Å². The molecule has 1 atom stereocenters. The number of carbonyl (C=O) groups excluding carboxylic acids is 1. The van der Waals surface area contributed by atoms with E-state index >= 15 is 0 Å². The second-order valence-electron chi connectivity index (χ2n) is 9.67. The molecule has 0 aliphatic carbocycles. The largest absolute Gasteiger partial charge is 0.492 e. The number of halogens is 1. The molecule has 1 aromatic rings. The van der Waals surface area contributed by atoms with E-state index in [9.17, 15) is 14.0 Å². The van der Waals surface area contributed by atoms with Crippen molar-refractivity contribution >= 4 is 14.4 Å². The third kappa shape index (κ3) is 9.18. The first-order valence-corrected chi connectivity index (χ1v) is 13.2. The Balaban J connectivity index is 2.74. The molecule has 0 aromatic heterocycles. The van der Waals surface area contributed by atoms with Crippen molar-refractivity contribution in [2.24, 2.45) is 0 Å². The fourth-order valence-corrected chi connectivity index (χ4v) is 3.22. The SMILES string of the molecule is C[C@H](C#Cc1ccc(F)cc1OCCCC(C)(C)[Si](C)(C)O)NC(=O)OC(C)(C)C. The molecule has 0 fully saturated rings. The van der Waals surface area contributed by atoms with E-state index in [1.165, 1.54) is 12.1 Å². The summed E-state index contributed by atoms with van der Waals surface area (Å²) >= 11 is 0. The fraction of sp³-hybridized carbons (Fsp3) is 0.609. The maximum atomic E-state index is 13.7. The van der Waals surface area contributed by atoms with Crippen LogP contribution < -0.4 is 10.1 Å². The highest BCUT2D eigenvalue weighted by molar-refractivity contribution is 6.72. The lowest BCUT2D eigenvalue weighted by atomic mass is 10.1. The quantitative estimate of drug-likeness (QED) is 0.348. The van der Waals surface area contributed by atoms with Crippen molar-refractivity contribution in [3.63, 3.8) is 0 Å². The van der Waals surface area contributed by atoms with Gasteiger partial charge in [0.1, 0.15) is 17.2 Å². The number of alkyl carbamates (subject to hydrolysis) is 1. The van der Waals surface area contributed by atoms with Gasteiger partial charge in [-0.2, -0.15) is 0 Å². The van der Waals surface area contributed by atoms with Gasteiger partial charge in [0.25, 0.3) is 0 Å². The van der Waals surface area contributed by atoms with Crippen molar-refractivity contribution in [3.8, 4) is 17.6 Å². The lowest BCUT2D eigenvalue weighted by Gasteiger charge is -2.35. The summed E-state index contributed by atoms with van der Waals surface area (Å²) in [6.07, 6.45) is 1.01. The van der Waals surface area contributed by atoms with Crippen LogP contribution in [0.4, 0.5) is 9.18 Å². The van der Waals surface area contributed by atoms with E-state index in [0.29, 0.717) is 17.9 Å². The Morgan fingerprint density at radius 2 is 1.90 bits per heavy atom. The number of benzene rings is 1. The first-order valence-electron chi connectivity index (χ1n) is 10.3. The van der Waals surface area contributed by atoms with Crippen LogP contribution in [0.25, 0.3) is 0 Å². The van der Waals surface area contributed by atoms with Crippen LogP contribution in [-0.4, -0.2) is 37.5 Å². The van der Waals surface area contributed by atoms with Gasteiger partial charge in [-0.3, -0.25) is 0 Å². The predicted octanol–water partition coefficient (Wildman–Crippen LogP) is 5.23. The summed E-state index contributed by atoms with van der Waals surface area (Å²) in [5.41, 5.74) is -0.0392. The summed E-state index contributed by atoms with van der Waals surface area (Å²) < 4.78 is 24.7. The van der Waals surface area contributed by atoms with Gasteiger partial charge in [-0.1, -0.05) is 25.7 Å². The molecular weight excluding hydrogens is 401 g/mol. The Morgan fingerprint density at radius 3 is 2.47 bits per heavy atom. The molecule has 1 amide bonds. The van der Waals surface area contributed by atoms with Crippen molar-refractivity contribution in [2.45, 2.75) is 84.2 Å². The number of ether oxygens (including phenoxy) is 2. The van der Waals surface area contributed by atoms with Crippen LogP contribution in [0.3, 0.4) is 0 Å². The maximum Gasteiger partial charge on any atom is 0.408 e. The van der Waals surface area contributed by atoms with Gasteiger partial charge >= 0.3 is 6.09 Å². The fourth-order valence-electron chi connectivity index (χ4n) is 2.43. The highest BCUT2D eigenvalue weighted by Crippen LogP contribution is 2.39. The van der Waals surface area contributed by atoms with E-state index in [1.807, 2.05) is 13.1 Å². The normalized spacial score (nSPS) is 13.1. The minimum atomic E-state index is -2.27. The average Bonchev–Trinajstić information content (AvgIpc) is 2.55. The molecule has 0 radical (unpaired) electrons. The van der Waals surface area contributed by atoms with Gasteiger partial charge in [-0.25, -0.2) is 9.18 Å². The van der Waals surface area contributed by atoms with Gasteiger partial charge in [0.05, 0.1) is 18.2 Å². The second-order valence-corrected chi connectivity index (χ2v) is 14.1. The molecule has 2 N–H and O–H groups in total. The molecule has 0 bridgehead atoms. The molecule has 1 aromatic carbocycles. The van der Waals surface area contributed by atoms with Crippen LogP contribution in [0.1, 0.15) is 59.9 Å². The third-order valence-electron chi connectivity index (χ3n) is 4.96. The minimum Gasteiger partial charge on any atom is -0.492 e. The van der Waals surface area contributed by atoms with E-state index < -0.39 is 31.9 Å². The molecule has 0 aliphatic rings. The summed E-state index contributed by atoms with van der Waals surface area (Å²) in [6.45, 7) is 15.5. The lowest BCUT2D eigenvalue weighted by Crippen LogP contribution is -2.39. The van der Waals surface area contributed by atoms with Gasteiger partial charge in [0.2, 0.25) is 0 Å². The summed E-state index contributed by atoms with van der Waals surface area (Å²) in [4.78, 5) is 22.2. The summed E-state index contributed by atoms with van der Waals surface area (Å²) in [7, 11) is -2.27. The predicted molar refractivity (Wildman–Crippen MR) is 121 cm³/mol. The van der Waals surface area contributed by atoms with Crippen LogP contribution in [0.5, 0.6) is 5.75 Å². The summed E-state index contributed by atoms with van der Waals surface area (Å²) in [5.74, 6) is 5.83. The highest BCUT2D eigenvalue weighted by atomic mass is 28.4. The van der Waals surface area contributed by atoms with Crippen molar-refractivity contribution in [1.29, 1.82) is 0 Å². The van der Waals surface area contributed by atoms with Gasteiger partial charge in [0.15, 0.2) is 8.32 Å². The van der Waals surface area contributed by atoms with Gasteiger partial charge in [0, 0.05) is 6.07 Å². The van der Waals surface area contributed by atoms with Crippen LogP contribution in [0.15, 0.2) is 18.2 Å². The molecule has 0 heterocycles. The first kappa shape index (κ1) is 26.0. The maximum absolute atomic E-state index is 13.7. The van der Waals surface area contributed by atoms with Crippen LogP contribution in [-0.2, 0) is 4.74 Å². The average molecular weight is 438 g/mol. The smallest absolute Gasteiger partial charge is 0.408 e. The van der Waals surface area contributed by atoms with E-state index in [1.54, 1.807) is 33.8 Å². The molecule has 0 saturated heterocycles. The van der Waals surface area contributed by atoms with Crippen LogP contribution in [0.2, 0.25) is 18.1 Å². The molecule has 1 rings (SSSR count). The molecule has 0 aliphatic heterocycles. The third-order valence-corrected chi connectivity index (χ3v) is 8.52. The Kier molecular flexibility index (Phi) is 8.94. The number of hydrogen-bond donors (Lipinski definition) is 2. The van der Waals surface area contributed by atoms with E-state index in [4.69, 9.17) is 9.47 Å². The zero-order valence-electron chi connectivity index (χ0n) is 19.5. The number of hydrogen-bond acceptors (Lipinski definition) is 4. The van der Waals surface area contributed by atoms with Gasteiger partial charge in [-0.05, 0) is 70.8 Å². The van der Waals surface area contributed by atoms with Crippen LogP contribution >= 0.6 is 0 Å². The van der Waals surface area contributed by atoms with Gasteiger partial charge < -0.3 is 19.6 Å². The number of carbonyl (C=O) groups is 1. The van der Waals surface area contributed by atoms with Gasteiger partial charge in [-0.15, -0.1) is 0 Å². The second kappa shape index (κ2) is 10.3.